The summed E-state index contributed by atoms with van der Waals surface area (Å²) in [4.78, 5) is 16.1. The van der Waals surface area contributed by atoms with Crippen molar-refractivity contribution in [2.24, 2.45) is 0 Å². The van der Waals surface area contributed by atoms with Crippen molar-refractivity contribution in [1.82, 2.24) is 15.1 Å². The lowest BCUT2D eigenvalue weighted by atomic mass is 10.2. The van der Waals surface area contributed by atoms with Crippen LogP contribution in [0.2, 0.25) is 0 Å². The zero-order chi connectivity index (χ0) is 11.4. The SMILES string of the molecule is CCC1NC(C)N(CCN(C)CC)C1=O. The van der Waals surface area contributed by atoms with E-state index in [0.29, 0.717) is 0 Å². The van der Waals surface area contributed by atoms with Crippen molar-refractivity contribution < 1.29 is 4.79 Å². The normalized spacial score (nSPS) is 26.7. The van der Waals surface area contributed by atoms with Gasteiger partial charge in [0.15, 0.2) is 0 Å². The molecular formula is C11H23N3O. The van der Waals surface area contributed by atoms with Crippen molar-refractivity contribution in [3.8, 4) is 0 Å². The number of amides is 1. The molecule has 0 aromatic carbocycles. The molecule has 88 valence electrons. The highest BCUT2D eigenvalue weighted by Crippen LogP contribution is 2.12. The molecule has 0 aliphatic carbocycles. The van der Waals surface area contributed by atoms with E-state index in [-0.39, 0.29) is 18.1 Å². The molecule has 0 aromatic heterocycles. The highest BCUT2D eigenvalue weighted by Gasteiger charge is 2.34. The molecule has 0 saturated carbocycles. The van der Waals surface area contributed by atoms with Gasteiger partial charge < -0.3 is 9.80 Å². The predicted molar refractivity (Wildman–Crippen MR) is 61.6 cm³/mol. The summed E-state index contributed by atoms with van der Waals surface area (Å²) >= 11 is 0. The molecule has 2 unspecified atom stereocenters. The van der Waals surface area contributed by atoms with Crippen molar-refractivity contribution in [3.05, 3.63) is 0 Å². The lowest BCUT2D eigenvalue weighted by Crippen LogP contribution is -2.40. The Bertz CT molecular complexity index is 220. The van der Waals surface area contributed by atoms with E-state index in [1.165, 1.54) is 0 Å². The fourth-order valence-corrected chi connectivity index (χ4v) is 1.88. The first kappa shape index (κ1) is 12.5. The van der Waals surface area contributed by atoms with Gasteiger partial charge in [-0.25, -0.2) is 0 Å². The minimum atomic E-state index is 0.0342. The maximum Gasteiger partial charge on any atom is 0.241 e. The van der Waals surface area contributed by atoms with Crippen LogP contribution in [0.15, 0.2) is 0 Å². The van der Waals surface area contributed by atoms with E-state index in [4.69, 9.17) is 0 Å². The van der Waals surface area contributed by atoms with Crippen molar-refractivity contribution in [1.29, 1.82) is 0 Å². The van der Waals surface area contributed by atoms with Gasteiger partial charge in [-0.2, -0.15) is 0 Å². The van der Waals surface area contributed by atoms with Crippen LogP contribution in [0, 0.1) is 0 Å². The molecule has 1 amide bonds. The third-order valence-electron chi connectivity index (χ3n) is 3.16. The van der Waals surface area contributed by atoms with E-state index < -0.39 is 0 Å². The average molecular weight is 213 g/mol. The Kier molecular flexibility index (Phi) is 4.54. The van der Waals surface area contributed by atoms with Gasteiger partial charge >= 0.3 is 0 Å². The van der Waals surface area contributed by atoms with Gasteiger partial charge in [0.2, 0.25) is 5.91 Å². The van der Waals surface area contributed by atoms with Gasteiger partial charge in [-0.1, -0.05) is 13.8 Å². The van der Waals surface area contributed by atoms with Gasteiger partial charge in [-0.15, -0.1) is 0 Å². The van der Waals surface area contributed by atoms with E-state index in [0.717, 1.165) is 26.1 Å². The summed E-state index contributed by atoms with van der Waals surface area (Å²) in [7, 11) is 2.08. The number of hydrogen-bond donors (Lipinski definition) is 1. The van der Waals surface area contributed by atoms with E-state index in [1.807, 2.05) is 11.8 Å². The third kappa shape index (κ3) is 2.92. The lowest BCUT2D eigenvalue weighted by Gasteiger charge is -2.23. The molecule has 4 heteroatoms. The maximum absolute atomic E-state index is 11.9. The molecule has 1 saturated heterocycles. The average Bonchev–Trinajstić information content (AvgIpc) is 2.51. The Labute approximate surface area is 92.6 Å². The number of hydrogen-bond acceptors (Lipinski definition) is 3. The van der Waals surface area contributed by atoms with Crippen LogP contribution < -0.4 is 5.32 Å². The molecule has 1 heterocycles. The van der Waals surface area contributed by atoms with Crippen LogP contribution >= 0.6 is 0 Å². The summed E-state index contributed by atoms with van der Waals surface area (Å²) in [6, 6.07) is 0.0342. The van der Waals surface area contributed by atoms with Crippen LogP contribution in [0.4, 0.5) is 0 Å². The molecule has 1 fully saturated rings. The van der Waals surface area contributed by atoms with E-state index in [2.05, 4.69) is 31.1 Å². The first-order valence-electron chi connectivity index (χ1n) is 5.85. The minimum Gasteiger partial charge on any atom is -0.325 e. The van der Waals surface area contributed by atoms with E-state index in [1.54, 1.807) is 0 Å². The highest BCUT2D eigenvalue weighted by atomic mass is 16.2. The summed E-state index contributed by atoms with van der Waals surface area (Å²) < 4.78 is 0. The van der Waals surface area contributed by atoms with Crippen molar-refractivity contribution in [3.63, 3.8) is 0 Å². The smallest absolute Gasteiger partial charge is 0.241 e. The van der Waals surface area contributed by atoms with Crippen LogP contribution in [0.25, 0.3) is 0 Å². The van der Waals surface area contributed by atoms with Crippen molar-refractivity contribution in [2.45, 2.75) is 39.4 Å². The second-order valence-corrected chi connectivity index (χ2v) is 4.23. The maximum atomic E-state index is 11.9. The largest absolute Gasteiger partial charge is 0.325 e. The van der Waals surface area contributed by atoms with Gasteiger partial charge in [0.25, 0.3) is 0 Å². The number of rotatable bonds is 5. The van der Waals surface area contributed by atoms with Gasteiger partial charge in [-0.05, 0) is 26.9 Å². The van der Waals surface area contributed by atoms with Gasteiger partial charge in [0.05, 0.1) is 12.2 Å². The zero-order valence-electron chi connectivity index (χ0n) is 10.3. The minimum absolute atomic E-state index is 0.0342. The van der Waals surface area contributed by atoms with Crippen LogP contribution in [-0.4, -0.2) is 54.6 Å². The van der Waals surface area contributed by atoms with Crippen LogP contribution in [-0.2, 0) is 4.79 Å². The molecule has 4 nitrogen and oxygen atoms in total. The van der Waals surface area contributed by atoms with Crippen LogP contribution in [0.5, 0.6) is 0 Å². The monoisotopic (exact) mass is 213 g/mol. The second-order valence-electron chi connectivity index (χ2n) is 4.23. The Hall–Kier alpha value is -0.610. The van der Waals surface area contributed by atoms with Crippen molar-refractivity contribution >= 4 is 5.91 Å². The topological polar surface area (TPSA) is 35.6 Å². The summed E-state index contributed by atoms with van der Waals surface area (Å²) in [6.45, 7) is 9.03. The highest BCUT2D eigenvalue weighted by molar-refractivity contribution is 5.84. The van der Waals surface area contributed by atoms with E-state index >= 15 is 0 Å². The molecule has 1 N–H and O–H groups in total. The first-order valence-corrected chi connectivity index (χ1v) is 5.85. The molecule has 0 aromatic rings. The summed E-state index contributed by atoms with van der Waals surface area (Å²) in [6.07, 6.45) is 1.07. The molecule has 1 aliphatic rings. The summed E-state index contributed by atoms with van der Waals surface area (Å²) in [5.41, 5.74) is 0. The Morgan fingerprint density at radius 2 is 2.13 bits per heavy atom. The number of carbonyl (C=O) groups excluding carboxylic acids is 1. The van der Waals surface area contributed by atoms with Gasteiger partial charge in [-0.3, -0.25) is 10.1 Å². The number of likely N-dealkylation sites (N-methyl/N-ethyl adjacent to an activating group) is 1. The van der Waals surface area contributed by atoms with Gasteiger partial charge in [0.1, 0.15) is 0 Å². The Balaban J connectivity index is 2.44. The number of nitrogens with one attached hydrogen (secondary N) is 1. The Morgan fingerprint density at radius 3 is 2.60 bits per heavy atom. The molecule has 0 bridgehead atoms. The van der Waals surface area contributed by atoms with E-state index in [9.17, 15) is 4.79 Å². The number of carbonyl (C=O) groups is 1. The quantitative estimate of drug-likeness (QED) is 0.722. The van der Waals surface area contributed by atoms with Crippen LogP contribution in [0.1, 0.15) is 27.2 Å². The summed E-state index contributed by atoms with van der Waals surface area (Å²) in [5, 5.41) is 3.30. The molecule has 0 radical (unpaired) electrons. The Morgan fingerprint density at radius 1 is 1.47 bits per heavy atom. The van der Waals surface area contributed by atoms with Crippen LogP contribution in [0.3, 0.4) is 0 Å². The molecule has 2 atom stereocenters. The lowest BCUT2D eigenvalue weighted by molar-refractivity contribution is -0.130. The summed E-state index contributed by atoms with van der Waals surface area (Å²) in [5.74, 6) is 0.259. The first-order chi connectivity index (χ1) is 7.10. The van der Waals surface area contributed by atoms with Crippen molar-refractivity contribution in [2.75, 3.05) is 26.7 Å². The fourth-order valence-electron chi connectivity index (χ4n) is 1.88. The fraction of sp³-hybridized carbons (Fsp3) is 0.909. The predicted octanol–water partition coefficient (Wildman–Crippen LogP) is 0.494. The molecule has 0 spiro atoms. The molecule has 1 rings (SSSR count). The molecule has 1 aliphatic heterocycles. The zero-order valence-corrected chi connectivity index (χ0v) is 10.3. The molecule has 15 heavy (non-hydrogen) atoms. The third-order valence-corrected chi connectivity index (χ3v) is 3.16. The molecular weight excluding hydrogens is 190 g/mol. The standard InChI is InChI=1S/C11H23N3O/c1-5-10-11(15)14(9(3)12-10)8-7-13(4)6-2/h9-10,12H,5-8H2,1-4H3. The number of nitrogens with zero attached hydrogens (tertiary/aromatic N) is 2. The second kappa shape index (κ2) is 5.47. The van der Waals surface area contributed by atoms with Gasteiger partial charge in [0, 0.05) is 13.1 Å².